The lowest BCUT2D eigenvalue weighted by molar-refractivity contribution is 0.186. The van der Waals surface area contributed by atoms with Crippen LogP contribution in [0.3, 0.4) is 0 Å². The molecule has 0 spiro atoms. The first-order valence-electron chi connectivity index (χ1n) is 5.03. The van der Waals surface area contributed by atoms with Crippen LogP contribution in [-0.2, 0) is 6.54 Å². The van der Waals surface area contributed by atoms with Gasteiger partial charge < -0.3 is 0 Å². The van der Waals surface area contributed by atoms with Crippen molar-refractivity contribution in [1.29, 1.82) is 0 Å². The van der Waals surface area contributed by atoms with Gasteiger partial charge in [-0.2, -0.15) is 15.0 Å². The van der Waals surface area contributed by atoms with E-state index >= 15 is 0 Å². The van der Waals surface area contributed by atoms with E-state index in [2.05, 4.69) is 10.2 Å². The molecule has 3 nitrogen and oxygen atoms in total. The van der Waals surface area contributed by atoms with Crippen molar-refractivity contribution in [2.45, 2.75) is 32.5 Å². The summed E-state index contributed by atoms with van der Waals surface area (Å²) < 4.78 is 13.3. The predicted octanol–water partition coefficient (Wildman–Crippen LogP) is 2.57. The Kier molecular flexibility index (Phi) is 2.42. The maximum Gasteiger partial charge on any atom is 0.113 e. The van der Waals surface area contributed by atoms with Gasteiger partial charge in [-0.05, 0) is 26.0 Å². The third-order valence-electron chi connectivity index (χ3n) is 2.23. The van der Waals surface area contributed by atoms with E-state index < -0.39 is 5.67 Å². The van der Waals surface area contributed by atoms with E-state index in [1.807, 2.05) is 24.3 Å². The van der Waals surface area contributed by atoms with Crippen LogP contribution < -0.4 is 0 Å². The Bertz CT molecular complexity index is 423. The number of hydrogen-bond donors (Lipinski definition) is 0. The number of benzene rings is 1. The second kappa shape index (κ2) is 3.61. The highest BCUT2D eigenvalue weighted by molar-refractivity contribution is 5.72. The number of aromatic nitrogens is 3. The molecule has 0 radical (unpaired) electrons. The Morgan fingerprint density at radius 2 is 1.73 bits per heavy atom. The highest BCUT2D eigenvalue weighted by atomic mass is 19.1. The molecule has 0 aliphatic carbocycles. The monoisotopic (exact) mass is 207 g/mol. The Labute approximate surface area is 87.9 Å². The molecule has 1 heterocycles. The highest BCUT2D eigenvalue weighted by Gasteiger charge is 2.15. The number of fused-ring (bicyclic) bond motifs is 1. The van der Waals surface area contributed by atoms with E-state index in [1.165, 1.54) is 0 Å². The minimum atomic E-state index is -1.17. The zero-order chi connectivity index (χ0) is 10.9. The summed E-state index contributed by atoms with van der Waals surface area (Å²) in [5.74, 6) is 0. The van der Waals surface area contributed by atoms with E-state index in [4.69, 9.17) is 0 Å². The summed E-state index contributed by atoms with van der Waals surface area (Å²) in [7, 11) is 0. The van der Waals surface area contributed by atoms with E-state index in [9.17, 15) is 4.39 Å². The molecule has 15 heavy (non-hydrogen) atoms. The second-order valence-corrected chi connectivity index (χ2v) is 4.25. The summed E-state index contributed by atoms with van der Waals surface area (Å²) in [6, 6.07) is 7.64. The quantitative estimate of drug-likeness (QED) is 0.774. The summed E-state index contributed by atoms with van der Waals surface area (Å²) in [4.78, 5) is 1.56. The molecular formula is C11H14FN3. The van der Waals surface area contributed by atoms with Crippen LogP contribution in [0.4, 0.5) is 4.39 Å². The van der Waals surface area contributed by atoms with Crippen LogP contribution in [-0.4, -0.2) is 20.7 Å². The predicted molar refractivity (Wildman–Crippen MR) is 57.3 cm³/mol. The lowest BCUT2D eigenvalue weighted by atomic mass is 10.1. The number of nitrogens with zero attached hydrogens (tertiary/aromatic N) is 3. The molecule has 0 unspecified atom stereocenters. The molecule has 0 atom stereocenters. The number of aryl methyl sites for hydroxylation is 1. The van der Waals surface area contributed by atoms with Crippen molar-refractivity contribution >= 4 is 11.0 Å². The molecule has 80 valence electrons. The number of rotatable bonds is 3. The van der Waals surface area contributed by atoms with Gasteiger partial charge in [0.15, 0.2) is 0 Å². The van der Waals surface area contributed by atoms with Gasteiger partial charge in [0.2, 0.25) is 0 Å². The van der Waals surface area contributed by atoms with Crippen molar-refractivity contribution < 1.29 is 4.39 Å². The Morgan fingerprint density at radius 3 is 2.20 bits per heavy atom. The number of hydrogen-bond acceptors (Lipinski definition) is 2. The summed E-state index contributed by atoms with van der Waals surface area (Å²) in [5.41, 5.74) is 0.545. The van der Waals surface area contributed by atoms with Crippen molar-refractivity contribution in [3.63, 3.8) is 0 Å². The molecule has 2 rings (SSSR count). The van der Waals surface area contributed by atoms with Gasteiger partial charge in [-0.3, -0.25) is 0 Å². The maximum atomic E-state index is 13.3. The van der Waals surface area contributed by atoms with E-state index in [0.29, 0.717) is 13.0 Å². The molecule has 2 aromatic rings. The van der Waals surface area contributed by atoms with Crippen molar-refractivity contribution in [3.8, 4) is 0 Å². The van der Waals surface area contributed by atoms with Crippen molar-refractivity contribution in [2.24, 2.45) is 0 Å². The topological polar surface area (TPSA) is 30.7 Å². The van der Waals surface area contributed by atoms with Crippen molar-refractivity contribution in [2.75, 3.05) is 0 Å². The van der Waals surface area contributed by atoms with Crippen LogP contribution in [0.2, 0.25) is 0 Å². The molecule has 0 amide bonds. The zero-order valence-electron chi connectivity index (χ0n) is 8.94. The van der Waals surface area contributed by atoms with Gasteiger partial charge in [0.05, 0.1) is 6.54 Å². The largest absolute Gasteiger partial charge is 0.244 e. The Morgan fingerprint density at radius 1 is 1.20 bits per heavy atom. The summed E-state index contributed by atoms with van der Waals surface area (Å²) >= 11 is 0. The molecule has 0 aliphatic heterocycles. The average molecular weight is 207 g/mol. The molecule has 1 aromatic heterocycles. The third kappa shape index (κ3) is 2.52. The van der Waals surface area contributed by atoms with E-state index in [0.717, 1.165) is 11.0 Å². The summed E-state index contributed by atoms with van der Waals surface area (Å²) in [6.45, 7) is 3.64. The molecular weight excluding hydrogens is 193 g/mol. The lowest BCUT2D eigenvalue weighted by Crippen LogP contribution is -2.16. The fourth-order valence-electron chi connectivity index (χ4n) is 1.37. The lowest BCUT2D eigenvalue weighted by Gasteiger charge is -2.12. The smallest absolute Gasteiger partial charge is 0.113 e. The normalized spacial score (nSPS) is 12.2. The standard InChI is InChI=1S/C11H14FN3/c1-11(2,12)7-8-15-13-9-5-3-4-6-10(9)14-15/h3-6H,7-8H2,1-2H3. The van der Waals surface area contributed by atoms with Gasteiger partial charge in [-0.25, -0.2) is 4.39 Å². The minimum Gasteiger partial charge on any atom is -0.244 e. The van der Waals surface area contributed by atoms with Crippen LogP contribution >= 0.6 is 0 Å². The first-order chi connectivity index (χ1) is 7.04. The molecule has 0 aliphatic rings. The molecule has 0 bridgehead atoms. The minimum absolute atomic E-state index is 0.425. The van der Waals surface area contributed by atoms with Gasteiger partial charge >= 0.3 is 0 Å². The summed E-state index contributed by atoms with van der Waals surface area (Å²) in [5, 5.41) is 8.51. The van der Waals surface area contributed by atoms with Gasteiger partial charge in [-0.15, -0.1) is 0 Å². The van der Waals surface area contributed by atoms with E-state index in [1.54, 1.807) is 18.6 Å². The maximum absolute atomic E-state index is 13.3. The van der Waals surface area contributed by atoms with Gasteiger partial charge in [0.1, 0.15) is 16.7 Å². The fourth-order valence-corrected chi connectivity index (χ4v) is 1.37. The van der Waals surface area contributed by atoms with Crippen molar-refractivity contribution in [3.05, 3.63) is 24.3 Å². The highest BCUT2D eigenvalue weighted by Crippen LogP contribution is 2.15. The molecule has 0 fully saturated rings. The Hall–Kier alpha value is -1.45. The van der Waals surface area contributed by atoms with Gasteiger partial charge in [0.25, 0.3) is 0 Å². The van der Waals surface area contributed by atoms with E-state index in [-0.39, 0.29) is 0 Å². The fraction of sp³-hybridized carbons (Fsp3) is 0.455. The van der Waals surface area contributed by atoms with Crippen LogP contribution in [0.25, 0.3) is 11.0 Å². The second-order valence-electron chi connectivity index (χ2n) is 4.25. The average Bonchev–Trinajstić information content (AvgIpc) is 2.56. The Balaban J connectivity index is 2.16. The molecule has 0 saturated carbocycles. The first-order valence-corrected chi connectivity index (χ1v) is 5.03. The first kappa shape index (κ1) is 10.1. The molecule has 0 saturated heterocycles. The van der Waals surface area contributed by atoms with Crippen LogP contribution in [0, 0.1) is 0 Å². The van der Waals surface area contributed by atoms with Gasteiger partial charge in [0, 0.05) is 6.42 Å². The SMILES string of the molecule is CC(C)(F)CCn1nc2ccccc2n1. The molecule has 1 aromatic carbocycles. The van der Waals surface area contributed by atoms with Crippen molar-refractivity contribution in [1.82, 2.24) is 15.0 Å². The summed E-state index contributed by atoms with van der Waals surface area (Å²) in [6.07, 6.45) is 0.425. The van der Waals surface area contributed by atoms with Crippen LogP contribution in [0.15, 0.2) is 24.3 Å². The molecule has 0 N–H and O–H groups in total. The number of halogens is 1. The van der Waals surface area contributed by atoms with Crippen LogP contribution in [0.5, 0.6) is 0 Å². The van der Waals surface area contributed by atoms with Gasteiger partial charge in [-0.1, -0.05) is 12.1 Å². The third-order valence-corrected chi connectivity index (χ3v) is 2.23. The van der Waals surface area contributed by atoms with Crippen LogP contribution in [0.1, 0.15) is 20.3 Å². The number of alkyl halides is 1. The molecule has 4 heteroatoms. The zero-order valence-corrected chi connectivity index (χ0v) is 8.94.